The molecule has 1 aliphatic rings. The molecule has 3 nitrogen and oxygen atoms in total. The number of halogens is 1. The van der Waals surface area contributed by atoms with Crippen LogP contribution in [-0.4, -0.2) is 21.4 Å². The van der Waals surface area contributed by atoms with Gasteiger partial charge in [0.1, 0.15) is 11.9 Å². The second-order valence-electron chi connectivity index (χ2n) is 6.32. The number of aryl methyl sites for hydroxylation is 4. The molecular weight excluding hydrogens is 369 g/mol. The molecular formula is C20H20FNO2S2. The number of carbonyl (C=O) groups excluding carboxylic acids is 1. The van der Waals surface area contributed by atoms with Crippen LogP contribution in [0.15, 0.2) is 41.5 Å². The summed E-state index contributed by atoms with van der Waals surface area (Å²) in [4.78, 5) is 18.4. The Balaban J connectivity index is 1.59. The zero-order chi connectivity index (χ0) is 18.7. The third-order valence-corrected chi connectivity index (χ3v) is 6.27. The second-order valence-corrected chi connectivity index (χ2v) is 8.48. The summed E-state index contributed by atoms with van der Waals surface area (Å²) < 4.78 is 13.1. The number of hydrogen-bond acceptors (Lipinski definition) is 5. The number of rotatable bonds is 5. The van der Waals surface area contributed by atoms with E-state index in [0.717, 1.165) is 51.1 Å². The number of phenolic OH excluding ortho intramolecular Hbond substituents is 1. The Morgan fingerprint density at radius 3 is 2.73 bits per heavy atom. The molecule has 2 aromatic rings. The van der Waals surface area contributed by atoms with Crippen molar-refractivity contribution in [1.29, 1.82) is 0 Å². The van der Waals surface area contributed by atoms with Crippen LogP contribution < -0.4 is 0 Å². The molecule has 0 amide bonds. The van der Waals surface area contributed by atoms with Crippen LogP contribution in [0.3, 0.4) is 0 Å². The fourth-order valence-electron chi connectivity index (χ4n) is 2.78. The normalized spacial score (nSPS) is 16.6. The Hall–Kier alpha value is -1.92. The highest BCUT2D eigenvalue weighted by Crippen LogP contribution is 2.29. The number of thioether (sulfide) groups is 1. The molecule has 0 spiro atoms. The van der Waals surface area contributed by atoms with Gasteiger partial charge < -0.3 is 5.11 Å². The van der Waals surface area contributed by atoms with Crippen LogP contribution in [0, 0.1) is 13.8 Å². The van der Waals surface area contributed by atoms with E-state index in [4.69, 9.17) is 0 Å². The Morgan fingerprint density at radius 1 is 1.35 bits per heavy atom. The number of aromatic hydroxyl groups is 1. The van der Waals surface area contributed by atoms with Gasteiger partial charge in [-0.25, -0.2) is 9.37 Å². The minimum atomic E-state index is -0.951. The number of carbonyl (C=O) groups is 1. The molecule has 1 N–H and O–H groups in total. The molecule has 0 saturated carbocycles. The van der Waals surface area contributed by atoms with E-state index in [1.165, 1.54) is 17.4 Å². The zero-order valence-corrected chi connectivity index (χ0v) is 16.3. The molecule has 136 valence electrons. The number of thiazole rings is 1. The Labute approximate surface area is 160 Å². The predicted molar refractivity (Wildman–Crippen MR) is 106 cm³/mol. The minimum absolute atomic E-state index is 0.106. The maximum atomic E-state index is 13.1. The Bertz CT molecular complexity index is 863. The first-order valence-corrected chi connectivity index (χ1v) is 10.0. The van der Waals surface area contributed by atoms with Crippen molar-refractivity contribution in [3.63, 3.8) is 0 Å². The molecule has 3 rings (SSSR count). The molecule has 6 heteroatoms. The highest BCUT2D eigenvalue weighted by Gasteiger charge is 2.16. The third kappa shape index (κ3) is 4.62. The quantitative estimate of drug-likeness (QED) is 0.753. The fraction of sp³-hybridized carbons (Fsp3) is 0.300. The molecule has 0 aliphatic heterocycles. The van der Waals surface area contributed by atoms with Gasteiger partial charge in [0.15, 0.2) is 5.01 Å². The van der Waals surface area contributed by atoms with Gasteiger partial charge in [-0.05, 0) is 67.3 Å². The van der Waals surface area contributed by atoms with Gasteiger partial charge in [-0.1, -0.05) is 18.2 Å². The lowest BCUT2D eigenvalue weighted by Gasteiger charge is -2.07. The molecule has 0 radical (unpaired) electrons. The van der Waals surface area contributed by atoms with Crippen molar-refractivity contribution in [1.82, 2.24) is 4.98 Å². The average molecular weight is 390 g/mol. The summed E-state index contributed by atoms with van der Waals surface area (Å²) in [6.45, 7) is 3.79. The van der Waals surface area contributed by atoms with Crippen molar-refractivity contribution < 1.29 is 14.3 Å². The molecule has 0 fully saturated rings. The van der Waals surface area contributed by atoms with E-state index >= 15 is 0 Å². The van der Waals surface area contributed by atoms with Crippen molar-refractivity contribution in [2.45, 2.75) is 39.3 Å². The highest BCUT2D eigenvalue weighted by molar-refractivity contribution is 8.17. The van der Waals surface area contributed by atoms with E-state index in [-0.39, 0.29) is 5.12 Å². The molecule has 1 aliphatic carbocycles. The number of allylic oxidation sites excluding steroid dienone is 3. The Kier molecular flexibility index (Phi) is 5.94. The molecule has 26 heavy (non-hydrogen) atoms. The summed E-state index contributed by atoms with van der Waals surface area (Å²) in [7, 11) is 0. The van der Waals surface area contributed by atoms with Gasteiger partial charge in [-0.2, -0.15) is 0 Å². The highest BCUT2D eigenvalue weighted by atomic mass is 32.2. The average Bonchev–Trinajstić information content (AvgIpc) is 3.09. The van der Waals surface area contributed by atoms with E-state index in [2.05, 4.69) is 4.98 Å². The second kappa shape index (κ2) is 8.18. The van der Waals surface area contributed by atoms with Crippen LogP contribution in [-0.2, 0) is 12.8 Å². The van der Waals surface area contributed by atoms with E-state index < -0.39 is 6.17 Å². The molecule has 1 aromatic carbocycles. The van der Waals surface area contributed by atoms with Crippen LogP contribution in [0.2, 0.25) is 0 Å². The zero-order valence-electron chi connectivity index (χ0n) is 14.7. The fourth-order valence-corrected chi connectivity index (χ4v) is 4.45. The van der Waals surface area contributed by atoms with Crippen LogP contribution in [0.25, 0.3) is 0 Å². The van der Waals surface area contributed by atoms with Gasteiger partial charge in [0.2, 0.25) is 0 Å². The number of phenols is 1. The van der Waals surface area contributed by atoms with Gasteiger partial charge in [-0.3, -0.25) is 4.79 Å². The van der Waals surface area contributed by atoms with Crippen molar-refractivity contribution in [3.05, 3.63) is 68.0 Å². The van der Waals surface area contributed by atoms with E-state index in [1.54, 1.807) is 18.3 Å². The van der Waals surface area contributed by atoms with Gasteiger partial charge in [-0.15, -0.1) is 11.3 Å². The first kappa shape index (κ1) is 18.9. The van der Waals surface area contributed by atoms with E-state index in [9.17, 15) is 14.3 Å². The van der Waals surface area contributed by atoms with Crippen molar-refractivity contribution in [3.8, 4) is 5.75 Å². The van der Waals surface area contributed by atoms with E-state index in [1.807, 2.05) is 26.0 Å². The first-order chi connectivity index (χ1) is 12.4. The number of nitrogens with zero attached hydrogens (tertiary/aromatic N) is 1. The van der Waals surface area contributed by atoms with Gasteiger partial charge in [0.05, 0.1) is 0 Å². The summed E-state index contributed by atoms with van der Waals surface area (Å²) in [5.41, 5.74) is 2.91. The Morgan fingerprint density at radius 2 is 2.08 bits per heavy atom. The molecule has 0 saturated heterocycles. The molecule has 1 aromatic heterocycles. The van der Waals surface area contributed by atoms with Crippen molar-refractivity contribution in [2.24, 2.45) is 0 Å². The summed E-state index contributed by atoms with van der Waals surface area (Å²) in [6.07, 6.45) is 7.63. The lowest BCUT2D eigenvalue weighted by molar-refractivity contribution is 0.108. The van der Waals surface area contributed by atoms with E-state index in [0.29, 0.717) is 17.2 Å². The third-order valence-electron chi connectivity index (χ3n) is 4.16. The first-order valence-electron chi connectivity index (χ1n) is 8.41. The van der Waals surface area contributed by atoms with Gasteiger partial charge >= 0.3 is 0 Å². The predicted octanol–water partition coefficient (Wildman–Crippen LogP) is 5.31. The number of alkyl halides is 1. The molecule has 0 bridgehead atoms. The van der Waals surface area contributed by atoms with Gasteiger partial charge in [0.25, 0.3) is 5.12 Å². The lowest BCUT2D eigenvalue weighted by Crippen LogP contribution is -1.99. The lowest BCUT2D eigenvalue weighted by atomic mass is 10.0. The van der Waals surface area contributed by atoms with Crippen molar-refractivity contribution >= 4 is 28.2 Å². The maximum Gasteiger partial charge on any atom is 0.252 e. The summed E-state index contributed by atoms with van der Waals surface area (Å²) in [5.74, 6) is 0.349. The maximum absolute atomic E-state index is 13.1. The number of hydrogen-bond donors (Lipinski definition) is 1. The standard InChI is InChI=1S/C20H20FNO2S2/c1-12-9-14(10-13(2)18(12)23)3-6-17-11-22-19(25-17)20(24)26-16-7-4-15(21)5-8-16/h4,7-11,15,23H,3,5-6H2,1-2H3. The minimum Gasteiger partial charge on any atom is -0.507 e. The molecule has 1 unspecified atom stereocenters. The molecule has 1 heterocycles. The largest absolute Gasteiger partial charge is 0.507 e. The summed E-state index contributed by atoms with van der Waals surface area (Å²) >= 11 is 2.50. The van der Waals surface area contributed by atoms with Gasteiger partial charge in [0, 0.05) is 22.4 Å². The van der Waals surface area contributed by atoms with Crippen LogP contribution in [0.4, 0.5) is 4.39 Å². The topological polar surface area (TPSA) is 50.2 Å². The van der Waals surface area contributed by atoms with Crippen LogP contribution >= 0.6 is 23.1 Å². The summed E-state index contributed by atoms with van der Waals surface area (Å²) in [5, 5.41) is 10.2. The molecule has 1 atom stereocenters. The number of benzene rings is 1. The van der Waals surface area contributed by atoms with Crippen molar-refractivity contribution in [2.75, 3.05) is 0 Å². The smallest absolute Gasteiger partial charge is 0.252 e. The SMILES string of the molecule is Cc1cc(CCc2cnc(C(=O)SC3=CCC(F)C=C3)s2)cc(C)c1O. The van der Waals surface area contributed by atoms with Crippen LogP contribution in [0.1, 0.15) is 37.8 Å². The van der Waals surface area contributed by atoms with Crippen LogP contribution in [0.5, 0.6) is 5.75 Å². The number of aromatic nitrogens is 1. The summed E-state index contributed by atoms with van der Waals surface area (Å²) in [6, 6.07) is 3.98. The monoisotopic (exact) mass is 389 g/mol.